The number of hydrogen-bond acceptors (Lipinski definition) is 3. The standard InChI is InChI=1S/C14H25N3O2/c1-4-5-12-14(19)17(10(2)13(18)15-12)11-6-8-16(3)9-7-11/h10-12H,4-9H2,1-3H3,(H,15,18). The Labute approximate surface area is 115 Å². The van der Waals surface area contributed by atoms with Crippen molar-refractivity contribution in [1.29, 1.82) is 0 Å². The van der Waals surface area contributed by atoms with Crippen LogP contribution in [0.25, 0.3) is 0 Å². The van der Waals surface area contributed by atoms with Crippen molar-refractivity contribution in [2.45, 2.75) is 57.7 Å². The van der Waals surface area contributed by atoms with Crippen molar-refractivity contribution < 1.29 is 9.59 Å². The van der Waals surface area contributed by atoms with E-state index in [1.807, 2.05) is 18.7 Å². The minimum absolute atomic E-state index is 0.00280. The maximum absolute atomic E-state index is 12.5. The van der Waals surface area contributed by atoms with E-state index in [2.05, 4.69) is 17.3 Å². The van der Waals surface area contributed by atoms with Crippen LogP contribution in [0.5, 0.6) is 0 Å². The summed E-state index contributed by atoms with van der Waals surface area (Å²) in [5, 5.41) is 2.85. The number of carbonyl (C=O) groups is 2. The quantitative estimate of drug-likeness (QED) is 0.814. The lowest BCUT2D eigenvalue weighted by Gasteiger charge is -2.44. The molecule has 2 fully saturated rings. The minimum Gasteiger partial charge on any atom is -0.343 e. The van der Waals surface area contributed by atoms with E-state index in [0.717, 1.165) is 38.8 Å². The fraction of sp³-hybridized carbons (Fsp3) is 0.857. The van der Waals surface area contributed by atoms with Crippen LogP contribution >= 0.6 is 0 Å². The summed E-state index contributed by atoms with van der Waals surface area (Å²) >= 11 is 0. The SMILES string of the molecule is CCCC1NC(=O)C(C)N(C2CCN(C)CC2)C1=O. The van der Waals surface area contributed by atoms with Crippen LogP contribution in [0.15, 0.2) is 0 Å². The molecule has 0 radical (unpaired) electrons. The van der Waals surface area contributed by atoms with Crippen LogP contribution in [0.1, 0.15) is 39.5 Å². The molecule has 2 saturated heterocycles. The van der Waals surface area contributed by atoms with Crippen molar-refractivity contribution in [3.05, 3.63) is 0 Å². The highest BCUT2D eigenvalue weighted by Gasteiger charge is 2.41. The number of rotatable bonds is 3. The maximum Gasteiger partial charge on any atom is 0.246 e. The molecule has 0 saturated carbocycles. The number of piperazine rings is 1. The molecule has 5 nitrogen and oxygen atoms in total. The Morgan fingerprint density at radius 1 is 1.26 bits per heavy atom. The fourth-order valence-corrected chi connectivity index (χ4v) is 3.10. The summed E-state index contributed by atoms with van der Waals surface area (Å²) in [5.41, 5.74) is 0. The number of nitrogens with zero attached hydrogens (tertiary/aromatic N) is 2. The molecule has 0 aromatic rings. The average Bonchev–Trinajstić information content (AvgIpc) is 2.39. The molecular formula is C14H25N3O2. The second kappa shape index (κ2) is 5.90. The lowest BCUT2D eigenvalue weighted by molar-refractivity contribution is -0.152. The zero-order chi connectivity index (χ0) is 14.0. The van der Waals surface area contributed by atoms with Gasteiger partial charge in [-0.05, 0) is 46.3 Å². The van der Waals surface area contributed by atoms with Gasteiger partial charge in [-0.3, -0.25) is 9.59 Å². The fourth-order valence-electron chi connectivity index (χ4n) is 3.10. The average molecular weight is 267 g/mol. The zero-order valence-electron chi connectivity index (χ0n) is 12.2. The van der Waals surface area contributed by atoms with Gasteiger partial charge in [-0.2, -0.15) is 0 Å². The second-order valence-electron chi connectivity index (χ2n) is 5.81. The van der Waals surface area contributed by atoms with Crippen LogP contribution in [-0.2, 0) is 9.59 Å². The van der Waals surface area contributed by atoms with E-state index in [0.29, 0.717) is 0 Å². The van der Waals surface area contributed by atoms with Crippen molar-refractivity contribution in [1.82, 2.24) is 15.1 Å². The Morgan fingerprint density at radius 3 is 2.47 bits per heavy atom. The molecule has 5 heteroatoms. The molecule has 2 amide bonds. The molecule has 0 aliphatic carbocycles. The number of piperidine rings is 1. The first kappa shape index (κ1) is 14.3. The highest BCUT2D eigenvalue weighted by molar-refractivity contribution is 5.96. The first-order valence-corrected chi connectivity index (χ1v) is 7.35. The van der Waals surface area contributed by atoms with Gasteiger partial charge in [0.15, 0.2) is 0 Å². The molecule has 0 aromatic carbocycles. The van der Waals surface area contributed by atoms with Gasteiger partial charge in [-0.1, -0.05) is 13.3 Å². The largest absolute Gasteiger partial charge is 0.343 e. The van der Waals surface area contributed by atoms with Gasteiger partial charge in [0.2, 0.25) is 11.8 Å². The Bertz CT molecular complexity index is 351. The third-order valence-electron chi connectivity index (χ3n) is 4.32. The highest BCUT2D eigenvalue weighted by atomic mass is 16.2. The summed E-state index contributed by atoms with van der Waals surface area (Å²) in [6.07, 6.45) is 3.59. The first-order valence-electron chi connectivity index (χ1n) is 7.35. The van der Waals surface area contributed by atoms with Gasteiger partial charge in [0.25, 0.3) is 0 Å². The second-order valence-corrected chi connectivity index (χ2v) is 5.81. The van der Waals surface area contributed by atoms with Crippen LogP contribution in [0.2, 0.25) is 0 Å². The van der Waals surface area contributed by atoms with Crippen LogP contribution in [0, 0.1) is 0 Å². The van der Waals surface area contributed by atoms with Crippen LogP contribution in [0.4, 0.5) is 0 Å². The van der Waals surface area contributed by atoms with E-state index in [4.69, 9.17) is 0 Å². The summed E-state index contributed by atoms with van der Waals surface area (Å²) in [6.45, 7) is 5.88. The van der Waals surface area contributed by atoms with E-state index in [9.17, 15) is 9.59 Å². The molecule has 0 spiro atoms. The number of carbonyl (C=O) groups excluding carboxylic acids is 2. The van der Waals surface area contributed by atoms with Crippen molar-refractivity contribution in [2.75, 3.05) is 20.1 Å². The number of likely N-dealkylation sites (tertiary alicyclic amines) is 1. The van der Waals surface area contributed by atoms with E-state index < -0.39 is 0 Å². The number of hydrogen-bond donors (Lipinski definition) is 1. The van der Waals surface area contributed by atoms with Crippen LogP contribution < -0.4 is 5.32 Å². The lowest BCUT2D eigenvalue weighted by atomic mass is 9.96. The van der Waals surface area contributed by atoms with Crippen molar-refractivity contribution in [2.24, 2.45) is 0 Å². The first-order chi connectivity index (χ1) is 9.04. The van der Waals surface area contributed by atoms with Crippen LogP contribution in [-0.4, -0.2) is 59.9 Å². The zero-order valence-corrected chi connectivity index (χ0v) is 12.2. The molecule has 0 aromatic heterocycles. The molecule has 108 valence electrons. The topological polar surface area (TPSA) is 52.7 Å². The molecule has 2 atom stereocenters. The van der Waals surface area contributed by atoms with Gasteiger partial charge in [0.05, 0.1) is 0 Å². The van der Waals surface area contributed by atoms with Gasteiger partial charge < -0.3 is 15.1 Å². The molecule has 2 aliphatic rings. The molecule has 2 unspecified atom stereocenters. The van der Waals surface area contributed by atoms with E-state index in [1.165, 1.54) is 0 Å². The third kappa shape index (κ3) is 2.91. The van der Waals surface area contributed by atoms with Crippen molar-refractivity contribution >= 4 is 11.8 Å². The number of amides is 2. The Morgan fingerprint density at radius 2 is 1.89 bits per heavy atom. The highest BCUT2D eigenvalue weighted by Crippen LogP contribution is 2.23. The minimum atomic E-state index is -0.325. The normalized spacial score (nSPS) is 30.6. The van der Waals surface area contributed by atoms with Crippen molar-refractivity contribution in [3.63, 3.8) is 0 Å². The van der Waals surface area contributed by atoms with Gasteiger partial charge in [0.1, 0.15) is 12.1 Å². The molecular weight excluding hydrogens is 242 g/mol. The molecule has 2 aliphatic heterocycles. The van der Waals surface area contributed by atoms with E-state index in [1.54, 1.807) is 0 Å². The molecule has 2 heterocycles. The predicted molar refractivity (Wildman–Crippen MR) is 73.7 cm³/mol. The van der Waals surface area contributed by atoms with E-state index in [-0.39, 0.29) is 29.9 Å². The predicted octanol–water partition coefficient (Wildman–Crippen LogP) is 0.596. The summed E-state index contributed by atoms with van der Waals surface area (Å²) in [6, 6.07) is -0.411. The maximum atomic E-state index is 12.5. The van der Waals surface area contributed by atoms with Gasteiger partial charge in [0, 0.05) is 6.04 Å². The number of nitrogens with one attached hydrogen (secondary N) is 1. The Hall–Kier alpha value is -1.10. The monoisotopic (exact) mass is 267 g/mol. The van der Waals surface area contributed by atoms with Gasteiger partial charge >= 0.3 is 0 Å². The third-order valence-corrected chi connectivity index (χ3v) is 4.32. The van der Waals surface area contributed by atoms with Crippen LogP contribution in [0.3, 0.4) is 0 Å². The Balaban J connectivity index is 2.11. The van der Waals surface area contributed by atoms with Gasteiger partial charge in [-0.15, -0.1) is 0 Å². The molecule has 1 N–H and O–H groups in total. The van der Waals surface area contributed by atoms with Gasteiger partial charge in [-0.25, -0.2) is 0 Å². The lowest BCUT2D eigenvalue weighted by Crippen LogP contribution is -2.65. The summed E-state index contributed by atoms with van der Waals surface area (Å²) < 4.78 is 0. The molecule has 19 heavy (non-hydrogen) atoms. The summed E-state index contributed by atoms with van der Waals surface area (Å²) in [7, 11) is 2.10. The summed E-state index contributed by atoms with van der Waals surface area (Å²) in [4.78, 5) is 28.7. The molecule has 0 bridgehead atoms. The van der Waals surface area contributed by atoms with E-state index >= 15 is 0 Å². The molecule has 2 rings (SSSR count). The smallest absolute Gasteiger partial charge is 0.246 e. The van der Waals surface area contributed by atoms with Crippen molar-refractivity contribution in [3.8, 4) is 0 Å². The summed E-state index contributed by atoms with van der Waals surface area (Å²) in [5.74, 6) is 0.112. The Kier molecular flexibility index (Phi) is 4.45.